The molecule has 1 spiro atoms. The average molecular weight is 570 g/mol. The highest BCUT2D eigenvalue weighted by molar-refractivity contribution is 5.85. The first-order chi connectivity index (χ1) is 19.9. The molecule has 0 aliphatic carbocycles. The number of unbranched alkanes of at least 4 members (excludes halogenated alkanes) is 1. The smallest absolute Gasteiger partial charge is 0.320 e. The summed E-state index contributed by atoms with van der Waals surface area (Å²) in [6, 6.07) is 6.42. The van der Waals surface area contributed by atoms with E-state index in [2.05, 4.69) is 51.2 Å². The van der Waals surface area contributed by atoms with Gasteiger partial charge in [0.1, 0.15) is 11.4 Å². The normalized spacial score (nSPS) is 16.9. The number of carbonyl (C=O) groups is 1. The van der Waals surface area contributed by atoms with Gasteiger partial charge in [0, 0.05) is 19.2 Å². The minimum atomic E-state index is 0.160. The third-order valence-electron chi connectivity index (χ3n) is 8.34. The van der Waals surface area contributed by atoms with Gasteiger partial charge in [0.2, 0.25) is 6.41 Å². The second-order valence-corrected chi connectivity index (χ2v) is 11.0. The number of ether oxygens (including phenoxy) is 2. The van der Waals surface area contributed by atoms with E-state index >= 15 is 0 Å². The summed E-state index contributed by atoms with van der Waals surface area (Å²) in [5.74, 6) is 1.34. The highest BCUT2D eigenvalue weighted by Crippen LogP contribution is 2.41. The summed E-state index contributed by atoms with van der Waals surface area (Å²) < 4.78 is 11.4. The number of nitrogens with zero attached hydrogens (tertiary/aromatic N) is 5. The van der Waals surface area contributed by atoms with Crippen molar-refractivity contribution in [3.8, 4) is 11.8 Å². The van der Waals surface area contributed by atoms with Crippen LogP contribution in [0.2, 0.25) is 0 Å². The van der Waals surface area contributed by atoms with Crippen LogP contribution in [0.5, 0.6) is 11.8 Å². The second-order valence-electron chi connectivity index (χ2n) is 11.0. The molecule has 10 heteroatoms. The van der Waals surface area contributed by atoms with Crippen molar-refractivity contribution in [3.63, 3.8) is 0 Å². The monoisotopic (exact) mass is 569 g/mol. The van der Waals surface area contributed by atoms with Crippen LogP contribution in [0.1, 0.15) is 70.4 Å². The van der Waals surface area contributed by atoms with Gasteiger partial charge in [0.05, 0.1) is 20.3 Å². The molecular weight excluding hydrogens is 518 g/mol. The van der Waals surface area contributed by atoms with Crippen molar-refractivity contribution < 1.29 is 14.3 Å². The van der Waals surface area contributed by atoms with Crippen LogP contribution in [-0.2, 0) is 17.9 Å². The molecule has 1 aromatic carbocycles. The fourth-order valence-electron chi connectivity index (χ4n) is 5.67. The van der Waals surface area contributed by atoms with Gasteiger partial charge in [-0.15, -0.1) is 0 Å². The molecule has 2 fully saturated rings. The quantitative estimate of drug-likeness (QED) is 0.276. The van der Waals surface area contributed by atoms with Crippen LogP contribution in [-0.4, -0.2) is 80.2 Å². The largest absolute Gasteiger partial charge is 0.496 e. The third kappa shape index (κ3) is 8.45. The standard InChI is InChI=1S/C29H45N7O3.C2H6/c1-5-6-17-39-28-32-26(30)25(31-2)27(33-28)36(21-37)20-23-8-7-22(18-24(23)38-4)19-35-15-11-29(12-16-35)9-13-34(3)14-10-29;1-2/h7-8,18,21,31H,5-6,9-17,19-20H2,1-4H3,(H2,30,32,33);1-2H3. The lowest BCUT2D eigenvalue weighted by molar-refractivity contribution is -0.107. The van der Waals surface area contributed by atoms with Gasteiger partial charge in [-0.05, 0) is 82.4 Å². The molecule has 41 heavy (non-hydrogen) atoms. The summed E-state index contributed by atoms with van der Waals surface area (Å²) in [6.45, 7) is 12.5. The summed E-state index contributed by atoms with van der Waals surface area (Å²) in [6.07, 6.45) is 7.83. The number of carbonyl (C=O) groups excluding carboxylic acids is 1. The Kier molecular flexibility index (Phi) is 12.5. The fraction of sp³-hybridized carbons (Fsp3) is 0.645. The van der Waals surface area contributed by atoms with E-state index in [4.69, 9.17) is 15.2 Å². The van der Waals surface area contributed by atoms with Gasteiger partial charge in [-0.25, -0.2) is 0 Å². The van der Waals surface area contributed by atoms with Crippen LogP contribution >= 0.6 is 0 Å². The van der Waals surface area contributed by atoms with E-state index in [-0.39, 0.29) is 18.4 Å². The first-order valence-corrected chi connectivity index (χ1v) is 15.2. The Morgan fingerprint density at radius 1 is 1.12 bits per heavy atom. The highest BCUT2D eigenvalue weighted by Gasteiger charge is 2.36. The molecule has 2 saturated heterocycles. The Morgan fingerprint density at radius 3 is 2.41 bits per heavy atom. The van der Waals surface area contributed by atoms with Crippen molar-refractivity contribution in [2.45, 2.75) is 72.4 Å². The van der Waals surface area contributed by atoms with Crippen LogP contribution < -0.4 is 25.4 Å². The van der Waals surface area contributed by atoms with Crippen molar-refractivity contribution in [2.75, 3.05) is 69.9 Å². The zero-order chi connectivity index (χ0) is 29.8. The van der Waals surface area contributed by atoms with Crippen LogP contribution in [0.25, 0.3) is 0 Å². The molecule has 4 rings (SSSR count). The Labute approximate surface area is 246 Å². The Bertz CT molecular complexity index is 1100. The molecule has 0 atom stereocenters. The molecule has 0 unspecified atom stereocenters. The van der Waals surface area contributed by atoms with Gasteiger partial charge in [0.25, 0.3) is 0 Å². The maximum Gasteiger partial charge on any atom is 0.320 e. The summed E-state index contributed by atoms with van der Waals surface area (Å²) in [5.41, 5.74) is 9.28. The number of amides is 1. The van der Waals surface area contributed by atoms with E-state index < -0.39 is 0 Å². The van der Waals surface area contributed by atoms with Gasteiger partial charge in [0.15, 0.2) is 11.6 Å². The number of rotatable bonds is 12. The number of likely N-dealkylation sites (tertiary alicyclic amines) is 2. The molecular formula is C31H51N7O3. The lowest BCUT2D eigenvalue weighted by atomic mass is 9.71. The molecule has 3 heterocycles. The number of nitrogens with two attached hydrogens (primary N) is 1. The lowest BCUT2D eigenvalue weighted by Crippen LogP contribution is -2.45. The minimum Gasteiger partial charge on any atom is -0.496 e. The van der Waals surface area contributed by atoms with E-state index in [1.54, 1.807) is 14.2 Å². The van der Waals surface area contributed by atoms with Crippen LogP contribution in [0.4, 0.5) is 17.3 Å². The number of methoxy groups -OCH3 is 1. The zero-order valence-electron chi connectivity index (χ0n) is 26.0. The zero-order valence-corrected chi connectivity index (χ0v) is 26.0. The molecule has 0 bridgehead atoms. The summed E-state index contributed by atoms with van der Waals surface area (Å²) in [5, 5.41) is 3.02. The average Bonchev–Trinajstić information content (AvgIpc) is 3.00. The van der Waals surface area contributed by atoms with E-state index in [1.807, 2.05) is 19.9 Å². The van der Waals surface area contributed by atoms with E-state index in [0.29, 0.717) is 23.5 Å². The number of piperidine rings is 2. The van der Waals surface area contributed by atoms with Crippen molar-refractivity contribution in [1.82, 2.24) is 19.8 Å². The number of nitrogen functional groups attached to an aromatic ring is 1. The third-order valence-corrected chi connectivity index (χ3v) is 8.34. The maximum absolute atomic E-state index is 12.2. The second kappa shape index (κ2) is 15.8. The van der Waals surface area contributed by atoms with Gasteiger partial charge in [-0.3, -0.25) is 14.6 Å². The Hall–Kier alpha value is -3.11. The van der Waals surface area contributed by atoms with Crippen LogP contribution in [0, 0.1) is 5.41 Å². The first kappa shape index (κ1) is 32.4. The summed E-state index contributed by atoms with van der Waals surface area (Å²) in [7, 11) is 5.62. The molecule has 1 amide bonds. The Morgan fingerprint density at radius 2 is 1.80 bits per heavy atom. The molecule has 3 N–H and O–H groups in total. The predicted molar refractivity (Wildman–Crippen MR) is 167 cm³/mol. The number of anilines is 3. The molecule has 0 radical (unpaired) electrons. The number of nitrogens with one attached hydrogen (secondary N) is 1. The van der Waals surface area contributed by atoms with Crippen molar-refractivity contribution in [1.29, 1.82) is 0 Å². The van der Waals surface area contributed by atoms with Gasteiger partial charge < -0.3 is 25.4 Å². The van der Waals surface area contributed by atoms with Crippen LogP contribution in [0.15, 0.2) is 18.2 Å². The van der Waals surface area contributed by atoms with Gasteiger partial charge in [-0.1, -0.05) is 39.3 Å². The van der Waals surface area contributed by atoms with Crippen LogP contribution in [0.3, 0.4) is 0 Å². The number of hydrogen-bond donors (Lipinski definition) is 2. The molecule has 1 aromatic heterocycles. The van der Waals surface area contributed by atoms with Gasteiger partial charge in [-0.2, -0.15) is 9.97 Å². The van der Waals surface area contributed by atoms with Crippen molar-refractivity contribution >= 4 is 23.7 Å². The minimum absolute atomic E-state index is 0.160. The van der Waals surface area contributed by atoms with E-state index in [0.717, 1.165) is 50.2 Å². The fourth-order valence-corrected chi connectivity index (χ4v) is 5.67. The van der Waals surface area contributed by atoms with E-state index in [9.17, 15) is 4.79 Å². The maximum atomic E-state index is 12.2. The van der Waals surface area contributed by atoms with Gasteiger partial charge >= 0.3 is 6.01 Å². The summed E-state index contributed by atoms with van der Waals surface area (Å²) >= 11 is 0. The first-order valence-electron chi connectivity index (χ1n) is 15.2. The van der Waals surface area contributed by atoms with Crippen molar-refractivity contribution in [2.24, 2.45) is 5.41 Å². The molecule has 2 aromatic rings. The number of aromatic nitrogens is 2. The van der Waals surface area contributed by atoms with Crippen molar-refractivity contribution in [3.05, 3.63) is 29.3 Å². The highest BCUT2D eigenvalue weighted by atomic mass is 16.5. The molecule has 2 aliphatic heterocycles. The van der Waals surface area contributed by atoms with E-state index in [1.165, 1.54) is 49.2 Å². The molecule has 228 valence electrons. The molecule has 10 nitrogen and oxygen atoms in total. The number of hydrogen-bond acceptors (Lipinski definition) is 9. The molecule has 2 aliphatic rings. The lowest BCUT2D eigenvalue weighted by Gasteiger charge is -2.46. The Balaban J connectivity index is 0.00000226. The summed E-state index contributed by atoms with van der Waals surface area (Å²) in [4.78, 5) is 27.5. The topological polar surface area (TPSA) is 109 Å². The SMILES string of the molecule is CC.CCCCOc1nc(N)c(NC)c(N(C=O)Cc2ccc(CN3CCC4(CCN(C)CC4)CC3)cc2OC)n1. The predicted octanol–water partition coefficient (Wildman–Crippen LogP) is 4.79. The molecule has 0 saturated carbocycles. The number of benzene rings is 1.